The van der Waals surface area contributed by atoms with Crippen LogP contribution in [0.2, 0.25) is 0 Å². The van der Waals surface area contributed by atoms with Crippen LogP contribution >= 0.6 is 0 Å². The highest BCUT2D eigenvalue weighted by atomic mass is 16.6. The summed E-state index contributed by atoms with van der Waals surface area (Å²) in [7, 11) is 0. The van der Waals surface area contributed by atoms with Crippen molar-refractivity contribution in [2.24, 2.45) is 0 Å². The number of cyclic esters (lactones) is 12. The molecule has 3 aromatic carbocycles. The largest absolute Gasteiger partial charge is 0.393 e. The van der Waals surface area contributed by atoms with E-state index in [-0.39, 0.29) is 67.9 Å². The zero-order valence-electron chi connectivity index (χ0n) is 31.0. The summed E-state index contributed by atoms with van der Waals surface area (Å²) in [5, 5.41) is 0. The summed E-state index contributed by atoms with van der Waals surface area (Å²) in [6, 6.07) is 18.3. The number of carbonyl (C=O) groups is 12. The lowest BCUT2D eigenvalue weighted by molar-refractivity contribution is -0.165. The van der Waals surface area contributed by atoms with E-state index in [0.717, 1.165) is 11.1 Å². The van der Waals surface area contributed by atoms with E-state index in [9.17, 15) is 57.5 Å². The third-order valence-corrected chi connectivity index (χ3v) is 10.4. The van der Waals surface area contributed by atoms with E-state index in [2.05, 4.69) is 28.4 Å². The Labute approximate surface area is 337 Å². The molecule has 3 aromatic rings. The molecule has 0 aliphatic carbocycles. The minimum Gasteiger partial charge on any atom is -0.393 e. The first kappa shape index (κ1) is 40.7. The van der Waals surface area contributed by atoms with Crippen LogP contribution in [0.4, 0.5) is 0 Å². The summed E-state index contributed by atoms with van der Waals surface area (Å²) in [4.78, 5) is 135. The summed E-state index contributed by atoms with van der Waals surface area (Å²) < 4.78 is 26.9. The van der Waals surface area contributed by atoms with E-state index in [1.165, 1.54) is 18.2 Å². The first-order chi connectivity index (χ1) is 28.6. The van der Waals surface area contributed by atoms with Gasteiger partial charge in [0.05, 0.1) is 73.8 Å². The van der Waals surface area contributed by atoms with Crippen molar-refractivity contribution in [3.63, 3.8) is 0 Å². The highest BCUT2D eigenvalue weighted by Gasteiger charge is 2.39. The molecule has 6 heterocycles. The molecular formula is C42H30O18. The van der Waals surface area contributed by atoms with Gasteiger partial charge in [0.15, 0.2) is 0 Å². The maximum atomic E-state index is 11.5. The van der Waals surface area contributed by atoms with Crippen molar-refractivity contribution in [1.29, 1.82) is 0 Å². The third-order valence-electron chi connectivity index (χ3n) is 10.4. The van der Waals surface area contributed by atoms with Gasteiger partial charge in [-0.2, -0.15) is 0 Å². The number of benzene rings is 3. The standard InChI is InChI=1S/C16H14O6.C14H10O6.C12H6O6/c17-13-5-11(6-14(18)21-13)9-1-2-10(4-3-9)12-7-15(19)22-16(20)8-12;15-11-5-9(13(17)19-11)7-1-2-8(4-3-7)10-6-12(16)20-14(10)18;13-9-4-7(11(15)17-9)5-1-2-6-8(3-5)12(16)18-10(6)14/h1-4,11-12H,5-8H2;1-4,9-10H,5-6H2;1-3,7H,4H2. The van der Waals surface area contributed by atoms with Gasteiger partial charge in [-0.25, -0.2) is 9.59 Å². The second-order valence-electron chi connectivity index (χ2n) is 14.4. The molecule has 0 saturated carbocycles. The van der Waals surface area contributed by atoms with Crippen LogP contribution < -0.4 is 0 Å². The van der Waals surface area contributed by atoms with Gasteiger partial charge < -0.3 is 28.4 Å². The fourth-order valence-electron chi connectivity index (χ4n) is 7.35. The maximum absolute atomic E-state index is 11.5. The van der Waals surface area contributed by atoms with Crippen LogP contribution in [0.15, 0.2) is 66.7 Å². The molecule has 3 atom stereocenters. The van der Waals surface area contributed by atoms with Crippen LogP contribution in [0.25, 0.3) is 0 Å². The van der Waals surface area contributed by atoms with Gasteiger partial charge in [0, 0.05) is 11.8 Å². The summed E-state index contributed by atoms with van der Waals surface area (Å²) in [6.07, 6.45) is 0.724. The fraction of sp³-hybridized carbons (Fsp3) is 0.286. The van der Waals surface area contributed by atoms with E-state index in [4.69, 9.17) is 0 Å². The Kier molecular flexibility index (Phi) is 11.4. The molecule has 3 unspecified atom stereocenters. The smallest absolute Gasteiger partial charge is 0.346 e. The number of fused-ring (bicyclic) bond motifs is 1. The summed E-state index contributed by atoms with van der Waals surface area (Å²) in [6.45, 7) is 0. The van der Waals surface area contributed by atoms with Crippen molar-refractivity contribution in [2.75, 3.05) is 0 Å². The SMILES string of the molecule is O=C1CC(c2ccc(C3CC(=O)OC(=O)C3)cc2)CC(=O)O1.O=C1CC(c2ccc(C3CC(=O)OC3=O)cc2)C(=O)O1.O=C1CC(c2ccc3c(c2)C(=O)OC3=O)C(=O)O1. The fourth-order valence-corrected chi connectivity index (χ4v) is 7.35. The number of hydrogen-bond donors (Lipinski definition) is 0. The predicted molar refractivity (Wildman–Crippen MR) is 191 cm³/mol. The normalized spacial score (nSPS) is 22.8. The molecule has 60 heavy (non-hydrogen) atoms. The molecule has 18 nitrogen and oxygen atoms in total. The van der Waals surface area contributed by atoms with Crippen LogP contribution in [0, 0.1) is 0 Å². The minimum atomic E-state index is -0.741. The minimum absolute atomic E-state index is 0.0299. The van der Waals surface area contributed by atoms with E-state index >= 15 is 0 Å². The molecule has 0 aromatic heterocycles. The lowest BCUT2D eigenvalue weighted by Gasteiger charge is -2.22. The molecule has 306 valence electrons. The Morgan fingerprint density at radius 3 is 0.950 bits per heavy atom. The summed E-state index contributed by atoms with van der Waals surface area (Å²) in [5.41, 5.74) is 3.81. The molecule has 6 aliphatic heterocycles. The van der Waals surface area contributed by atoms with E-state index in [1.807, 2.05) is 24.3 Å². The molecule has 0 N–H and O–H groups in total. The third kappa shape index (κ3) is 8.96. The van der Waals surface area contributed by atoms with Crippen LogP contribution in [0.3, 0.4) is 0 Å². The molecule has 5 saturated heterocycles. The molecule has 9 rings (SSSR count). The monoisotopic (exact) mass is 822 g/mol. The number of esters is 12. The molecule has 18 heteroatoms. The Morgan fingerprint density at radius 1 is 0.300 bits per heavy atom. The second kappa shape index (κ2) is 16.8. The Hall–Kier alpha value is -7.50. The summed E-state index contributed by atoms with van der Waals surface area (Å²) in [5.74, 6) is -9.15. The predicted octanol–water partition coefficient (Wildman–Crippen LogP) is 2.94. The summed E-state index contributed by atoms with van der Waals surface area (Å²) >= 11 is 0. The van der Waals surface area contributed by atoms with Gasteiger partial charge in [-0.3, -0.25) is 47.9 Å². The van der Waals surface area contributed by atoms with Gasteiger partial charge in [-0.1, -0.05) is 54.6 Å². The van der Waals surface area contributed by atoms with Gasteiger partial charge >= 0.3 is 71.6 Å². The van der Waals surface area contributed by atoms with Crippen LogP contribution in [0.5, 0.6) is 0 Å². The zero-order chi connectivity index (χ0) is 42.8. The topological polar surface area (TPSA) is 260 Å². The van der Waals surface area contributed by atoms with E-state index < -0.39 is 89.4 Å². The second-order valence-corrected chi connectivity index (χ2v) is 14.4. The van der Waals surface area contributed by atoms with E-state index in [1.54, 1.807) is 24.3 Å². The first-order valence-corrected chi connectivity index (χ1v) is 18.4. The molecule has 0 spiro atoms. The Bertz CT molecular complexity index is 2260. The molecule has 0 radical (unpaired) electrons. The van der Waals surface area contributed by atoms with Gasteiger partial charge in [0.25, 0.3) is 0 Å². The van der Waals surface area contributed by atoms with Gasteiger partial charge in [-0.05, 0) is 39.9 Å². The van der Waals surface area contributed by atoms with Crippen LogP contribution in [0.1, 0.15) is 123 Å². The quantitative estimate of drug-likeness (QED) is 0.203. The number of carbonyl (C=O) groups excluding carboxylic acids is 12. The van der Waals surface area contributed by atoms with E-state index in [0.29, 0.717) is 16.7 Å². The molecular weight excluding hydrogens is 792 g/mol. The lowest BCUT2D eigenvalue weighted by atomic mass is 9.87. The Balaban J connectivity index is 0.000000137. The number of ether oxygens (including phenoxy) is 6. The highest BCUT2D eigenvalue weighted by Crippen LogP contribution is 2.34. The lowest BCUT2D eigenvalue weighted by Crippen LogP contribution is -2.25. The number of rotatable bonds is 5. The average Bonchev–Trinajstić information content (AvgIpc) is 3.93. The molecule has 0 amide bonds. The van der Waals surface area contributed by atoms with Gasteiger partial charge in [-0.15, -0.1) is 0 Å². The molecule has 0 bridgehead atoms. The van der Waals surface area contributed by atoms with Crippen molar-refractivity contribution < 1.29 is 86.0 Å². The average molecular weight is 823 g/mol. The van der Waals surface area contributed by atoms with Crippen molar-refractivity contribution in [2.45, 2.75) is 74.5 Å². The van der Waals surface area contributed by atoms with Crippen molar-refractivity contribution >= 4 is 71.6 Å². The van der Waals surface area contributed by atoms with Gasteiger partial charge in [0.2, 0.25) is 0 Å². The molecule has 6 aliphatic rings. The zero-order valence-corrected chi connectivity index (χ0v) is 31.0. The van der Waals surface area contributed by atoms with Crippen molar-refractivity contribution in [3.05, 3.63) is 106 Å². The van der Waals surface area contributed by atoms with Crippen LogP contribution in [-0.4, -0.2) is 71.6 Å². The van der Waals surface area contributed by atoms with Crippen molar-refractivity contribution in [3.8, 4) is 0 Å². The van der Waals surface area contributed by atoms with Crippen LogP contribution in [-0.2, 0) is 76.4 Å². The highest BCUT2D eigenvalue weighted by molar-refractivity contribution is 6.15. The first-order valence-electron chi connectivity index (χ1n) is 18.4. The number of hydrogen-bond acceptors (Lipinski definition) is 18. The Morgan fingerprint density at radius 2 is 0.600 bits per heavy atom. The molecule has 5 fully saturated rings. The van der Waals surface area contributed by atoms with Gasteiger partial charge in [0.1, 0.15) is 0 Å². The van der Waals surface area contributed by atoms with Crippen molar-refractivity contribution in [1.82, 2.24) is 0 Å². The maximum Gasteiger partial charge on any atom is 0.346 e.